The normalized spacial score (nSPS) is 25.6. The minimum Gasteiger partial charge on any atom is -0.370 e. The van der Waals surface area contributed by atoms with Crippen molar-refractivity contribution >= 4 is 0 Å². The van der Waals surface area contributed by atoms with Crippen LogP contribution < -0.4 is 0 Å². The molecule has 2 saturated carbocycles. The lowest BCUT2D eigenvalue weighted by Gasteiger charge is -2.44. The zero-order chi connectivity index (χ0) is 21.2. The first-order valence-corrected chi connectivity index (χ1v) is 11.3. The summed E-state index contributed by atoms with van der Waals surface area (Å²) in [6.45, 7) is 0.829. The Hall–Kier alpha value is -2.96. The zero-order valence-electron chi connectivity index (χ0n) is 17.8. The Labute approximate surface area is 184 Å². The molecule has 0 aliphatic heterocycles. The summed E-state index contributed by atoms with van der Waals surface area (Å²) in [5, 5.41) is 10.1. The van der Waals surface area contributed by atoms with Crippen molar-refractivity contribution in [2.75, 3.05) is 6.61 Å². The third kappa shape index (κ3) is 4.01. The van der Waals surface area contributed by atoms with Crippen molar-refractivity contribution in [2.45, 2.75) is 49.5 Å². The van der Waals surface area contributed by atoms with Crippen LogP contribution in [0, 0.1) is 17.2 Å². The first-order valence-electron chi connectivity index (χ1n) is 11.3. The van der Waals surface area contributed by atoms with Gasteiger partial charge in [-0.2, -0.15) is 5.26 Å². The van der Waals surface area contributed by atoms with E-state index in [1.54, 1.807) is 6.20 Å². The topological polar surface area (TPSA) is 45.9 Å². The second-order valence-corrected chi connectivity index (χ2v) is 9.13. The van der Waals surface area contributed by atoms with Crippen molar-refractivity contribution in [2.24, 2.45) is 5.92 Å². The molecule has 2 aromatic carbocycles. The highest BCUT2D eigenvalue weighted by molar-refractivity contribution is 5.62. The summed E-state index contributed by atoms with van der Waals surface area (Å²) in [7, 11) is 0. The molecule has 0 N–H and O–H groups in total. The van der Waals surface area contributed by atoms with Crippen LogP contribution in [0.3, 0.4) is 0 Å². The van der Waals surface area contributed by atoms with E-state index in [0.29, 0.717) is 5.92 Å². The van der Waals surface area contributed by atoms with E-state index in [4.69, 9.17) is 4.74 Å². The molecule has 0 saturated heterocycles. The third-order valence-corrected chi connectivity index (χ3v) is 7.15. The van der Waals surface area contributed by atoms with Crippen molar-refractivity contribution in [3.8, 4) is 17.2 Å². The molecule has 0 unspecified atom stereocenters. The van der Waals surface area contributed by atoms with Crippen LogP contribution in [0.2, 0.25) is 0 Å². The Kier molecular flexibility index (Phi) is 5.34. The summed E-state index contributed by atoms with van der Waals surface area (Å²) in [5.41, 5.74) is 3.95. The van der Waals surface area contributed by atoms with Gasteiger partial charge in [0.2, 0.25) is 0 Å². The van der Waals surface area contributed by atoms with Gasteiger partial charge in [-0.05, 0) is 72.8 Å². The summed E-state index contributed by atoms with van der Waals surface area (Å²) in [5.74, 6) is 0.711. The predicted octanol–water partition coefficient (Wildman–Crippen LogP) is 6.41. The quantitative estimate of drug-likeness (QED) is 0.474. The van der Waals surface area contributed by atoms with Gasteiger partial charge in [0.25, 0.3) is 0 Å². The van der Waals surface area contributed by atoms with E-state index in [9.17, 15) is 5.26 Å². The summed E-state index contributed by atoms with van der Waals surface area (Å²) in [6.07, 6.45) is 9.64. The standard InChI is InChI=1S/C28H28N2O/c29-21-27(25-6-2-1-3-7-25)14-16-28(17-15-27,31-20-22-8-9-22)26-12-10-23(11-13-26)24-5-4-18-30-19-24/h1-7,10-13,18-19,22H,8-9,14-17,20H2. The second-order valence-electron chi connectivity index (χ2n) is 9.13. The molecule has 0 amide bonds. The summed E-state index contributed by atoms with van der Waals surface area (Å²) >= 11 is 0. The number of hydrogen-bond donors (Lipinski definition) is 0. The highest BCUT2D eigenvalue weighted by atomic mass is 16.5. The molecule has 31 heavy (non-hydrogen) atoms. The van der Waals surface area contributed by atoms with Crippen molar-refractivity contribution in [3.05, 3.63) is 90.3 Å². The van der Waals surface area contributed by atoms with Gasteiger partial charge in [-0.25, -0.2) is 0 Å². The molecule has 3 nitrogen and oxygen atoms in total. The van der Waals surface area contributed by atoms with E-state index < -0.39 is 5.41 Å². The van der Waals surface area contributed by atoms with E-state index in [-0.39, 0.29) is 5.60 Å². The number of aromatic nitrogens is 1. The van der Waals surface area contributed by atoms with Crippen LogP contribution >= 0.6 is 0 Å². The van der Waals surface area contributed by atoms with Crippen molar-refractivity contribution in [1.82, 2.24) is 4.98 Å². The molecule has 5 rings (SSSR count). The fourth-order valence-electron chi connectivity index (χ4n) is 4.88. The van der Waals surface area contributed by atoms with E-state index in [2.05, 4.69) is 53.5 Å². The lowest BCUT2D eigenvalue weighted by Crippen LogP contribution is -2.41. The highest BCUT2D eigenvalue weighted by Crippen LogP contribution is 2.50. The van der Waals surface area contributed by atoms with Gasteiger partial charge in [0.1, 0.15) is 0 Å². The number of nitrogens with zero attached hydrogens (tertiary/aromatic N) is 2. The van der Waals surface area contributed by atoms with Crippen LogP contribution in [-0.2, 0) is 15.8 Å². The monoisotopic (exact) mass is 408 g/mol. The zero-order valence-corrected chi connectivity index (χ0v) is 17.8. The molecule has 0 radical (unpaired) electrons. The molecule has 0 spiro atoms. The maximum absolute atomic E-state index is 10.1. The lowest BCUT2D eigenvalue weighted by atomic mass is 9.64. The number of nitriles is 1. The van der Waals surface area contributed by atoms with Crippen LogP contribution in [0.4, 0.5) is 0 Å². The third-order valence-electron chi connectivity index (χ3n) is 7.15. The Bertz CT molecular complexity index is 1040. The van der Waals surface area contributed by atoms with Crippen LogP contribution in [0.15, 0.2) is 79.1 Å². The summed E-state index contributed by atoms with van der Waals surface area (Å²) in [6, 6.07) is 25.8. The van der Waals surface area contributed by atoms with E-state index in [1.807, 2.05) is 30.5 Å². The molecule has 2 aliphatic rings. The maximum Gasteiger partial charge on any atom is 0.0932 e. The number of benzene rings is 2. The van der Waals surface area contributed by atoms with E-state index >= 15 is 0 Å². The number of pyridine rings is 1. The number of rotatable bonds is 6. The smallest absolute Gasteiger partial charge is 0.0932 e. The lowest BCUT2D eigenvalue weighted by molar-refractivity contribution is -0.0880. The Morgan fingerprint density at radius 2 is 1.58 bits per heavy atom. The van der Waals surface area contributed by atoms with Gasteiger partial charge in [0.05, 0.1) is 23.7 Å². The molecular weight excluding hydrogens is 380 g/mol. The first-order chi connectivity index (χ1) is 15.2. The fraction of sp³-hybridized carbons (Fsp3) is 0.357. The van der Waals surface area contributed by atoms with E-state index in [1.165, 1.54) is 24.0 Å². The van der Waals surface area contributed by atoms with Gasteiger partial charge in [-0.3, -0.25) is 4.98 Å². The fourth-order valence-corrected chi connectivity index (χ4v) is 4.88. The maximum atomic E-state index is 10.1. The molecule has 1 aromatic heterocycles. The second kappa shape index (κ2) is 8.29. The van der Waals surface area contributed by atoms with Gasteiger partial charge in [-0.15, -0.1) is 0 Å². The number of ether oxygens (including phenoxy) is 1. The molecule has 3 heteroatoms. The molecule has 0 bridgehead atoms. The molecule has 2 fully saturated rings. The molecule has 3 aromatic rings. The van der Waals surface area contributed by atoms with Crippen LogP contribution in [0.5, 0.6) is 0 Å². The molecule has 156 valence electrons. The van der Waals surface area contributed by atoms with Crippen LogP contribution in [-0.4, -0.2) is 11.6 Å². The molecule has 2 aliphatic carbocycles. The van der Waals surface area contributed by atoms with Gasteiger partial charge in [-0.1, -0.05) is 60.7 Å². The van der Waals surface area contributed by atoms with Crippen LogP contribution in [0.1, 0.15) is 49.7 Å². The van der Waals surface area contributed by atoms with Gasteiger partial charge >= 0.3 is 0 Å². The first kappa shape index (κ1) is 20.0. The minimum absolute atomic E-state index is 0.300. The SMILES string of the molecule is N#CC1(c2ccccc2)CCC(OCC2CC2)(c2ccc(-c3cccnc3)cc2)CC1. The van der Waals surface area contributed by atoms with Crippen molar-refractivity contribution in [3.63, 3.8) is 0 Å². The van der Waals surface area contributed by atoms with Crippen LogP contribution in [0.25, 0.3) is 11.1 Å². The van der Waals surface area contributed by atoms with Crippen molar-refractivity contribution in [1.29, 1.82) is 5.26 Å². The Morgan fingerprint density at radius 1 is 0.839 bits per heavy atom. The average Bonchev–Trinajstić information content (AvgIpc) is 3.69. The van der Waals surface area contributed by atoms with Gasteiger partial charge in [0.15, 0.2) is 0 Å². The molecule has 1 heterocycles. The average molecular weight is 409 g/mol. The number of hydrogen-bond acceptors (Lipinski definition) is 3. The van der Waals surface area contributed by atoms with E-state index in [0.717, 1.165) is 43.4 Å². The van der Waals surface area contributed by atoms with Gasteiger partial charge in [0, 0.05) is 12.4 Å². The largest absolute Gasteiger partial charge is 0.370 e. The Balaban J connectivity index is 1.42. The van der Waals surface area contributed by atoms with Gasteiger partial charge < -0.3 is 4.74 Å². The van der Waals surface area contributed by atoms with Crippen molar-refractivity contribution < 1.29 is 4.74 Å². The molecule has 0 atom stereocenters. The molecular formula is C28H28N2O. The Morgan fingerprint density at radius 3 is 2.19 bits per heavy atom. The predicted molar refractivity (Wildman–Crippen MR) is 122 cm³/mol. The summed E-state index contributed by atoms with van der Waals surface area (Å²) < 4.78 is 6.68. The summed E-state index contributed by atoms with van der Waals surface area (Å²) in [4.78, 5) is 4.24. The minimum atomic E-state index is -0.413. The highest BCUT2D eigenvalue weighted by Gasteiger charge is 2.46.